The largest absolute Gasteiger partial charge is 0.391 e. The molecule has 5 fully saturated rings. The van der Waals surface area contributed by atoms with E-state index in [-0.39, 0.29) is 17.7 Å². The van der Waals surface area contributed by atoms with Crippen molar-refractivity contribution in [2.75, 3.05) is 28.6 Å². The number of anilines is 4. The monoisotopic (exact) mass is 443 g/mol. The summed E-state index contributed by atoms with van der Waals surface area (Å²) in [6, 6.07) is 1.96. The number of aromatic amines is 1. The molecule has 7 rings (SSSR count). The number of halogens is 1. The first-order valence-electron chi connectivity index (χ1n) is 11.6. The Balaban J connectivity index is 1.32. The fourth-order valence-electron chi connectivity index (χ4n) is 6.70. The zero-order chi connectivity index (χ0) is 22.0. The molecule has 5 aliphatic rings. The Morgan fingerprint density at radius 3 is 2.62 bits per heavy atom. The van der Waals surface area contributed by atoms with Gasteiger partial charge in [0.05, 0.1) is 11.7 Å². The van der Waals surface area contributed by atoms with Crippen LogP contribution in [0.15, 0.2) is 6.07 Å². The second-order valence-corrected chi connectivity index (χ2v) is 10.3. The molecule has 2 unspecified atom stereocenters. The molecule has 10 heteroatoms. The molecule has 0 aromatic carbocycles. The Morgan fingerprint density at radius 1 is 1.22 bits per heavy atom. The van der Waals surface area contributed by atoms with Gasteiger partial charge in [0, 0.05) is 30.9 Å². The number of aliphatic hydroxyl groups excluding tert-OH is 1. The quantitative estimate of drug-likeness (QED) is 0.477. The van der Waals surface area contributed by atoms with E-state index in [2.05, 4.69) is 30.8 Å². The van der Waals surface area contributed by atoms with E-state index in [1.165, 1.54) is 0 Å². The van der Waals surface area contributed by atoms with E-state index in [0.29, 0.717) is 49.0 Å². The van der Waals surface area contributed by atoms with E-state index in [4.69, 9.17) is 0 Å². The average molecular weight is 444 g/mol. The lowest BCUT2D eigenvalue weighted by Gasteiger charge is -2.58. The van der Waals surface area contributed by atoms with Crippen LogP contribution in [0, 0.1) is 30.5 Å². The summed E-state index contributed by atoms with van der Waals surface area (Å²) >= 11 is 0. The molecule has 0 amide bonds. The maximum Gasteiger partial charge on any atom is 0.227 e. The van der Waals surface area contributed by atoms with Crippen LogP contribution in [0.5, 0.6) is 0 Å². The molecule has 4 bridgehead atoms. The van der Waals surface area contributed by atoms with E-state index in [1.807, 2.05) is 6.92 Å². The lowest BCUT2D eigenvalue weighted by atomic mass is 9.52. The molecule has 2 aromatic heterocycles. The summed E-state index contributed by atoms with van der Waals surface area (Å²) in [5.41, 5.74) is 0.342. The van der Waals surface area contributed by atoms with E-state index in [1.54, 1.807) is 11.0 Å². The molecule has 3 atom stereocenters. The van der Waals surface area contributed by atoms with Crippen LogP contribution < -0.4 is 15.5 Å². The third-order valence-electron chi connectivity index (χ3n) is 7.79. The highest BCUT2D eigenvalue weighted by Gasteiger charge is 2.54. The fourth-order valence-corrected chi connectivity index (χ4v) is 6.70. The highest BCUT2D eigenvalue weighted by Crippen LogP contribution is 2.56. The van der Waals surface area contributed by atoms with Crippen LogP contribution in [0.4, 0.5) is 27.8 Å². The standard InChI is InChI=1S/C22H30FN7O2/c1-11-4-16(29-28-11)24-19-17(23)20(30-3-2-15(31)10-30)27-21(26-19)25-18-13-5-12-6-14(18)9-22(32,7-12)8-13/h4,12-15,18,31-32H,2-3,5-10H2,1H3,(H3,24,25,26,27,28,29)/t12?,13?,14?,15-,18?,22?/m1/s1. The second kappa shape index (κ2) is 7.28. The van der Waals surface area contributed by atoms with Crippen LogP contribution >= 0.6 is 0 Å². The molecular weight excluding hydrogens is 413 g/mol. The average Bonchev–Trinajstić information content (AvgIpc) is 3.33. The van der Waals surface area contributed by atoms with Gasteiger partial charge in [0.15, 0.2) is 17.5 Å². The van der Waals surface area contributed by atoms with Crippen LogP contribution in [0.2, 0.25) is 0 Å². The molecule has 4 saturated carbocycles. The number of aromatic nitrogens is 4. The topological polar surface area (TPSA) is 122 Å². The molecule has 1 aliphatic heterocycles. The van der Waals surface area contributed by atoms with Gasteiger partial charge in [-0.15, -0.1) is 0 Å². The van der Waals surface area contributed by atoms with Crippen molar-refractivity contribution >= 4 is 23.4 Å². The van der Waals surface area contributed by atoms with Crippen LogP contribution in [0.1, 0.15) is 44.2 Å². The number of nitrogens with one attached hydrogen (secondary N) is 3. The zero-order valence-corrected chi connectivity index (χ0v) is 18.2. The Morgan fingerprint density at radius 2 is 2.00 bits per heavy atom. The summed E-state index contributed by atoms with van der Waals surface area (Å²) < 4.78 is 15.4. The minimum atomic E-state index is -0.551. The lowest BCUT2D eigenvalue weighted by molar-refractivity contribution is -0.129. The molecular formula is C22H30FN7O2. The maximum absolute atomic E-state index is 15.4. The number of aliphatic hydroxyl groups is 2. The number of rotatable bonds is 5. The SMILES string of the molecule is Cc1cc(Nc2nc(NC3C4CC5CC3CC(O)(C5)C4)nc(N3CC[C@@H](O)C3)c2F)n[nH]1. The first-order chi connectivity index (χ1) is 15.3. The van der Waals surface area contributed by atoms with Gasteiger partial charge in [-0.05, 0) is 63.2 Å². The van der Waals surface area contributed by atoms with Crippen molar-refractivity contribution in [1.29, 1.82) is 0 Å². The summed E-state index contributed by atoms with van der Waals surface area (Å²) in [6.07, 6.45) is 4.86. The smallest absolute Gasteiger partial charge is 0.227 e. The van der Waals surface area contributed by atoms with Crippen molar-refractivity contribution in [3.05, 3.63) is 17.6 Å². The summed E-state index contributed by atoms with van der Waals surface area (Å²) in [5, 5.41) is 34.3. The summed E-state index contributed by atoms with van der Waals surface area (Å²) in [4.78, 5) is 10.8. The van der Waals surface area contributed by atoms with Crippen molar-refractivity contribution in [1.82, 2.24) is 20.2 Å². The normalized spacial score (nSPS) is 35.5. The van der Waals surface area contributed by atoms with Crippen molar-refractivity contribution < 1.29 is 14.6 Å². The Hall–Kier alpha value is -2.46. The number of aryl methyl sites for hydroxylation is 1. The molecule has 2 aromatic rings. The van der Waals surface area contributed by atoms with Gasteiger partial charge >= 0.3 is 0 Å². The molecule has 9 nitrogen and oxygen atoms in total. The van der Waals surface area contributed by atoms with Gasteiger partial charge in [0.2, 0.25) is 11.8 Å². The van der Waals surface area contributed by atoms with E-state index >= 15 is 4.39 Å². The van der Waals surface area contributed by atoms with Gasteiger partial charge in [-0.25, -0.2) is 0 Å². The third-order valence-corrected chi connectivity index (χ3v) is 7.79. The van der Waals surface area contributed by atoms with Crippen molar-refractivity contribution in [3.63, 3.8) is 0 Å². The van der Waals surface area contributed by atoms with Gasteiger partial charge < -0.3 is 25.7 Å². The highest BCUT2D eigenvalue weighted by molar-refractivity contribution is 5.61. The molecule has 4 aliphatic carbocycles. The summed E-state index contributed by atoms with van der Waals surface area (Å²) in [7, 11) is 0. The van der Waals surface area contributed by atoms with Crippen molar-refractivity contribution in [2.24, 2.45) is 17.8 Å². The van der Waals surface area contributed by atoms with Gasteiger partial charge in [-0.2, -0.15) is 19.5 Å². The van der Waals surface area contributed by atoms with Crippen molar-refractivity contribution in [3.8, 4) is 0 Å². The third kappa shape index (κ3) is 3.49. The van der Waals surface area contributed by atoms with Crippen LogP contribution in [-0.2, 0) is 0 Å². The van der Waals surface area contributed by atoms with E-state index in [9.17, 15) is 10.2 Å². The molecule has 0 spiro atoms. The number of hydrogen-bond acceptors (Lipinski definition) is 8. The highest BCUT2D eigenvalue weighted by atomic mass is 19.1. The Bertz CT molecular complexity index is 1010. The van der Waals surface area contributed by atoms with E-state index in [0.717, 1.165) is 37.8 Å². The summed E-state index contributed by atoms with van der Waals surface area (Å²) in [5.74, 6) is 1.92. The van der Waals surface area contributed by atoms with Crippen LogP contribution in [0.3, 0.4) is 0 Å². The molecule has 0 radical (unpaired) electrons. The predicted octanol–water partition coefficient (Wildman–Crippen LogP) is 2.31. The molecule has 5 N–H and O–H groups in total. The Kier molecular flexibility index (Phi) is 4.59. The molecule has 3 heterocycles. The second-order valence-electron chi connectivity index (χ2n) is 10.3. The van der Waals surface area contributed by atoms with Crippen LogP contribution in [0.25, 0.3) is 0 Å². The number of β-amino-alcohol motifs (C(OH)–C–C–N with tert-alkyl or cyclic N) is 1. The molecule has 1 saturated heterocycles. The number of nitrogens with zero attached hydrogens (tertiary/aromatic N) is 4. The zero-order valence-electron chi connectivity index (χ0n) is 18.2. The number of H-pyrrole nitrogens is 1. The van der Waals surface area contributed by atoms with Gasteiger partial charge in [0.25, 0.3) is 0 Å². The minimum Gasteiger partial charge on any atom is -0.391 e. The van der Waals surface area contributed by atoms with E-state index < -0.39 is 17.5 Å². The number of hydrogen-bond donors (Lipinski definition) is 5. The first-order valence-corrected chi connectivity index (χ1v) is 11.6. The minimum absolute atomic E-state index is 0.0628. The van der Waals surface area contributed by atoms with Gasteiger partial charge in [0.1, 0.15) is 0 Å². The van der Waals surface area contributed by atoms with Crippen molar-refractivity contribution in [2.45, 2.75) is 63.2 Å². The molecule has 32 heavy (non-hydrogen) atoms. The van der Waals surface area contributed by atoms with Gasteiger partial charge in [-0.3, -0.25) is 5.10 Å². The summed E-state index contributed by atoms with van der Waals surface area (Å²) in [6.45, 7) is 2.76. The molecule has 172 valence electrons. The predicted molar refractivity (Wildman–Crippen MR) is 117 cm³/mol. The van der Waals surface area contributed by atoms with Crippen LogP contribution in [-0.4, -0.2) is 61.2 Å². The first kappa shape index (κ1) is 20.2. The lowest BCUT2D eigenvalue weighted by Crippen LogP contribution is -2.59. The fraction of sp³-hybridized carbons (Fsp3) is 0.682. The van der Waals surface area contributed by atoms with Gasteiger partial charge in [-0.1, -0.05) is 0 Å². The Labute approximate surface area is 185 Å². The maximum atomic E-state index is 15.4.